The van der Waals surface area contributed by atoms with Gasteiger partial charge in [0, 0.05) is 12.1 Å². The number of hydrogen-bond acceptors (Lipinski definition) is 6. The number of aromatic nitrogens is 4. The van der Waals surface area contributed by atoms with Gasteiger partial charge in [-0.2, -0.15) is 4.68 Å². The minimum absolute atomic E-state index is 0.0626. The third-order valence-corrected chi connectivity index (χ3v) is 2.78. The van der Waals surface area contributed by atoms with Crippen LogP contribution in [0.2, 0.25) is 0 Å². The van der Waals surface area contributed by atoms with Gasteiger partial charge in [-0.25, -0.2) is 5.10 Å². The van der Waals surface area contributed by atoms with Gasteiger partial charge in [-0.3, -0.25) is 4.79 Å². The molecule has 0 saturated heterocycles. The first kappa shape index (κ1) is 13.3. The van der Waals surface area contributed by atoms with Crippen molar-refractivity contribution >= 4 is 12.2 Å². The summed E-state index contributed by atoms with van der Waals surface area (Å²) < 4.78 is 11.8. The smallest absolute Gasteiger partial charge is 0.284 e. The first-order valence-corrected chi connectivity index (χ1v) is 6.46. The second-order valence-corrected chi connectivity index (χ2v) is 4.42. The molecular weight excluding hydrogens is 292 g/mol. The number of rotatable bonds is 4. The maximum Gasteiger partial charge on any atom is 0.284 e. The van der Waals surface area contributed by atoms with Crippen LogP contribution >= 0.6 is 12.2 Å². The highest BCUT2D eigenvalue weighted by Gasteiger charge is 2.06. The van der Waals surface area contributed by atoms with Crippen LogP contribution in [0.4, 0.5) is 0 Å². The van der Waals surface area contributed by atoms with Gasteiger partial charge in [0.05, 0.1) is 5.69 Å². The van der Waals surface area contributed by atoms with E-state index in [2.05, 4.69) is 15.3 Å². The molecule has 106 valence electrons. The van der Waals surface area contributed by atoms with Crippen LogP contribution in [0.5, 0.6) is 5.88 Å². The highest BCUT2D eigenvalue weighted by molar-refractivity contribution is 7.71. The van der Waals surface area contributed by atoms with E-state index in [0.717, 1.165) is 0 Å². The largest absolute Gasteiger partial charge is 0.467 e. The molecule has 21 heavy (non-hydrogen) atoms. The maximum absolute atomic E-state index is 11.8. The van der Waals surface area contributed by atoms with Crippen LogP contribution in [0.15, 0.2) is 51.7 Å². The molecule has 0 atom stereocenters. The van der Waals surface area contributed by atoms with Crippen molar-refractivity contribution in [3.8, 4) is 11.6 Å². The molecule has 0 spiro atoms. The van der Waals surface area contributed by atoms with Crippen LogP contribution in [0.25, 0.3) is 5.69 Å². The molecule has 2 heterocycles. The predicted octanol–water partition coefficient (Wildman–Crippen LogP) is 1.86. The quantitative estimate of drug-likeness (QED) is 0.740. The van der Waals surface area contributed by atoms with Crippen molar-refractivity contribution in [2.24, 2.45) is 0 Å². The summed E-state index contributed by atoms with van der Waals surface area (Å²) in [6.07, 6.45) is 0. The van der Waals surface area contributed by atoms with Crippen molar-refractivity contribution in [1.82, 2.24) is 20.0 Å². The molecule has 3 rings (SSSR count). The van der Waals surface area contributed by atoms with Gasteiger partial charge in [0.25, 0.3) is 16.3 Å². The molecule has 1 N–H and O–H groups in total. The van der Waals surface area contributed by atoms with Crippen LogP contribution in [-0.4, -0.2) is 20.0 Å². The van der Waals surface area contributed by atoms with E-state index in [1.165, 1.54) is 16.8 Å². The molecular formula is C13H10N4O3S. The van der Waals surface area contributed by atoms with Gasteiger partial charge >= 0.3 is 0 Å². The van der Waals surface area contributed by atoms with E-state index < -0.39 is 0 Å². The SMILES string of the molecule is O=c1ccc(OCc2n[nH]c(=S)o2)nn1-c1ccccc1. The highest BCUT2D eigenvalue weighted by Crippen LogP contribution is 2.08. The molecule has 1 aromatic carbocycles. The maximum atomic E-state index is 11.8. The van der Waals surface area contributed by atoms with E-state index in [9.17, 15) is 4.79 Å². The number of benzene rings is 1. The van der Waals surface area contributed by atoms with Crippen molar-refractivity contribution < 1.29 is 9.15 Å². The molecule has 0 saturated carbocycles. The number of nitrogens with zero attached hydrogens (tertiary/aromatic N) is 3. The molecule has 0 radical (unpaired) electrons. The Bertz CT molecular complexity index is 853. The molecule has 0 aliphatic rings. The molecule has 7 nitrogen and oxygen atoms in total. The van der Waals surface area contributed by atoms with E-state index in [0.29, 0.717) is 11.6 Å². The fraction of sp³-hybridized carbons (Fsp3) is 0.0769. The molecule has 0 unspecified atom stereocenters. The van der Waals surface area contributed by atoms with E-state index in [1.807, 2.05) is 18.2 Å². The third kappa shape index (κ3) is 3.06. The Hall–Kier alpha value is -2.74. The summed E-state index contributed by atoms with van der Waals surface area (Å²) in [6.45, 7) is 0.0626. The minimum atomic E-state index is -0.245. The fourth-order valence-corrected chi connectivity index (χ4v) is 1.83. The number of hydrogen-bond donors (Lipinski definition) is 1. The summed E-state index contributed by atoms with van der Waals surface area (Å²) in [5.74, 6) is 0.585. The zero-order valence-electron chi connectivity index (χ0n) is 10.7. The molecule has 0 fully saturated rings. The zero-order chi connectivity index (χ0) is 14.7. The molecule has 0 aliphatic heterocycles. The summed E-state index contributed by atoms with van der Waals surface area (Å²) in [6, 6.07) is 11.9. The summed E-state index contributed by atoms with van der Waals surface area (Å²) in [5.41, 5.74) is 0.413. The number of aromatic amines is 1. The Labute approximate surface area is 123 Å². The van der Waals surface area contributed by atoms with E-state index in [4.69, 9.17) is 21.4 Å². The average Bonchev–Trinajstić information content (AvgIpc) is 2.93. The van der Waals surface area contributed by atoms with Gasteiger partial charge in [0.15, 0.2) is 6.61 Å². The van der Waals surface area contributed by atoms with Gasteiger partial charge in [0.2, 0.25) is 5.88 Å². The summed E-state index contributed by atoms with van der Waals surface area (Å²) >= 11 is 4.76. The van der Waals surface area contributed by atoms with Crippen LogP contribution in [0.1, 0.15) is 5.89 Å². The van der Waals surface area contributed by atoms with Crippen molar-refractivity contribution in [2.75, 3.05) is 0 Å². The van der Waals surface area contributed by atoms with Crippen LogP contribution in [0, 0.1) is 4.84 Å². The Morgan fingerprint density at radius 3 is 2.76 bits per heavy atom. The van der Waals surface area contributed by atoms with Crippen LogP contribution in [-0.2, 0) is 6.61 Å². The zero-order valence-corrected chi connectivity index (χ0v) is 11.5. The fourth-order valence-electron chi connectivity index (χ4n) is 1.68. The lowest BCUT2D eigenvalue weighted by Gasteiger charge is -2.06. The normalized spacial score (nSPS) is 10.5. The first-order valence-electron chi connectivity index (χ1n) is 6.05. The van der Waals surface area contributed by atoms with Crippen LogP contribution in [0.3, 0.4) is 0 Å². The monoisotopic (exact) mass is 302 g/mol. The second-order valence-electron chi connectivity index (χ2n) is 4.05. The lowest BCUT2D eigenvalue weighted by molar-refractivity contribution is 0.247. The van der Waals surface area contributed by atoms with E-state index >= 15 is 0 Å². The number of nitrogens with one attached hydrogen (secondary N) is 1. The summed E-state index contributed by atoms with van der Waals surface area (Å²) in [7, 11) is 0. The average molecular weight is 302 g/mol. The molecule has 0 bridgehead atoms. The molecule has 2 aromatic heterocycles. The van der Waals surface area contributed by atoms with Crippen molar-refractivity contribution in [3.05, 3.63) is 63.5 Å². The van der Waals surface area contributed by atoms with Crippen molar-refractivity contribution in [3.63, 3.8) is 0 Å². The summed E-state index contributed by atoms with van der Waals surface area (Å²) in [4.78, 5) is 12.0. The van der Waals surface area contributed by atoms with Gasteiger partial charge in [-0.1, -0.05) is 18.2 Å². The molecule has 8 heteroatoms. The second kappa shape index (κ2) is 5.71. The number of para-hydroxylation sites is 1. The molecule has 0 amide bonds. The standard InChI is InChI=1S/C13H10N4O3S/c18-12-7-6-10(19-8-11-14-15-13(21)20-11)16-17(12)9-4-2-1-3-5-9/h1-7H,8H2,(H,15,21). The van der Waals surface area contributed by atoms with Crippen molar-refractivity contribution in [1.29, 1.82) is 0 Å². The lowest BCUT2D eigenvalue weighted by Crippen LogP contribution is -2.20. The van der Waals surface area contributed by atoms with Crippen LogP contribution < -0.4 is 10.3 Å². The molecule has 0 aliphatic carbocycles. The third-order valence-electron chi connectivity index (χ3n) is 2.60. The van der Waals surface area contributed by atoms with Crippen molar-refractivity contribution in [2.45, 2.75) is 6.61 Å². The minimum Gasteiger partial charge on any atom is -0.467 e. The van der Waals surface area contributed by atoms with E-state index in [1.54, 1.807) is 12.1 Å². The lowest BCUT2D eigenvalue weighted by atomic mass is 10.3. The Morgan fingerprint density at radius 1 is 1.24 bits per heavy atom. The van der Waals surface area contributed by atoms with Gasteiger partial charge < -0.3 is 9.15 Å². The van der Waals surface area contributed by atoms with Gasteiger partial charge in [-0.05, 0) is 24.4 Å². The highest BCUT2D eigenvalue weighted by atomic mass is 32.1. The predicted molar refractivity (Wildman–Crippen MR) is 75.9 cm³/mol. The number of H-pyrrole nitrogens is 1. The Morgan fingerprint density at radius 2 is 2.05 bits per heavy atom. The van der Waals surface area contributed by atoms with E-state index in [-0.39, 0.29) is 22.9 Å². The van der Waals surface area contributed by atoms with Gasteiger partial charge in [-0.15, -0.1) is 10.2 Å². The topological polar surface area (TPSA) is 85.9 Å². The number of ether oxygens (including phenoxy) is 1. The Balaban J connectivity index is 1.84. The first-order chi connectivity index (χ1) is 10.2. The molecule has 3 aromatic rings. The van der Waals surface area contributed by atoms with Gasteiger partial charge in [0.1, 0.15) is 0 Å². The summed E-state index contributed by atoms with van der Waals surface area (Å²) in [5, 5.41) is 10.4. The Kier molecular flexibility index (Phi) is 3.61.